The number of aromatic amines is 1. The highest BCUT2D eigenvalue weighted by molar-refractivity contribution is 5.97. The molecule has 0 radical (unpaired) electrons. The number of hydrogen-bond acceptors (Lipinski definition) is 7. The van der Waals surface area contributed by atoms with Crippen LogP contribution < -0.4 is 15.3 Å². The first-order chi connectivity index (χ1) is 17.6. The first-order valence-corrected chi connectivity index (χ1v) is 12.6. The number of ether oxygens (including phenoxy) is 1. The van der Waals surface area contributed by atoms with E-state index in [1.165, 1.54) is 24.1 Å². The molecule has 9 heteroatoms. The number of benzene rings is 1. The Hall–Kier alpha value is -4.01. The van der Waals surface area contributed by atoms with E-state index in [1.54, 1.807) is 12.5 Å². The first-order valence-electron chi connectivity index (χ1n) is 12.6. The van der Waals surface area contributed by atoms with Crippen LogP contribution in [0.4, 0.5) is 11.5 Å². The Morgan fingerprint density at radius 1 is 1.06 bits per heavy atom. The van der Waals surface area contributed by atoms with E-state index in [9.17, 15) is 4.79 Å². The number of aliphatic imine (C=N–C) groups is 1. The van der Waals surface area contributed by atoms with Crippen molar-refractivity contribution in [3.63, 3.8) is 0 Å². The van der Waals surface area contributed by atoms with Gasteiger partial charge < -0.3 is 9.64 Å². The summed E-state index contributed by atoms with van der Waals surface area (Å²) in [6.07, 6.45) is 8.41. The Labute approximate surface area is 207 Å². The van der Waals surface area contributed by atoms with Gasteiger partial charge in [0.1, 0.15) is 17.9 Å². The van der Waals surface area contributed by atoms with Gasteiger partial charge in [-0.1, -0.05) is 0 Å². The van der Waals surface area contributed by atoms with Crippen molar-refractivity contribution in [2.24, 2.45) is 10.9 Å². The maximum Gasteiger partial charge on any atom is 0.327 e. The van der Waals surface area contributed by atoms with Gasteiger partial charge >= 0.3 is 5.69 Å². The predicted octanol–water partition coefficient (Wildman–Crippen LogP) is 4.50. The summed E-state index contributed by atoms with van der Waals surface area (Å²) in [6, 6.07) is 9.98. The zero-order valence-corrected chi connectivity index (χ0v) is 20.1. The van der Waals surface area contributed by atoms with E-state index < -0.39 is 0 Å². The summed E-state index contributed by atoms with van der Waals surface area (Å²) in [6.45, 7) is 3.68. The van der Waals surface area contributed by atoms with E-state index in [2.05, 4.69) is 37.8 Å². The Morgan fingerprint density at radius 2 is 1.92 bits per heavy atom. The average Bonchev–Trinajstić information content (AvgIpc) is 3.56. The molecule has 7 rings (SSSR count). The molecule has 1 aliphatic carbocycles. The van der Waals surface area contributed by atoms with Crippen molar-refractivity contribution in [1.29, 1.82) is 0 Å². The molecule has 2 aliphatic heterocycles. The van der Waals surface area contributed by atoms with E-state index in [4.69, 9.17) is 9.73 Å². The van der Waals surface area contributed by atoms with Gasteiger partial charge in [-0.05, 0) is 73.9 Å². The van der Waals surface area contributed by atoms with Gasteiger partial charge in [0.2, 0.25) is 5.88 Å². The molecule has 0 spiro atoms. The van der Waals surface area contributed by atoms with Crippen LogP contribution in [-0.4, -0.2) is 43.3 Å². The number of pyridine rings is 1. The van der Waals surface area contributed by atoms with Crippen molar-refractivity contribution in [2.45, 2.75) is 45.1 Å². The number of H-pyrrole nitrogens is 1. The van der Waals surface area contributed by atoms with E-state index in [0.29, 0.717) is 17.4 Å². The average molecular weight is 482 g/mol. The van der Waals surface area contributed by atoms with Crippen molar-refractivity contribution < 1.29 is 4.74 Å². The summed E-state index contributed by atoms with van der Waals surface area (Å²) in [5.41, 5.74) is 6.21. The molecule has 0 amide bonds. The van der Waals surface area contributed by atoms with Crippen LogP contribution in [0.3, 0.4) is 0 Å². The third-order valence-electron chi connectivity index (χ3n) is 7.52. The molecule has 182 valence electrons. The van der Waals surface area contributed by atoms with Crippen LogP contribution in [0, 0.1) is 12.8 Å². The standard InChI is InChI=1S/C27H27N7O2/c1-16-11-20(12-18-13-21(17-4-5-17)31-25(16)18)36-24-14-23(29-15-30-24)33-9-6-19(7-10-33)34-22-3-2-8-28-26(22)32-27(34)35/h2-3,8,11-12,14-15,17,19H,4-7,9-10,13H2,1H3,(H,28,32,35). The number of imidazole rings is 1. The summed E-state index contributed by atoms with van der Waals surface area (Å²) < 4.78 is 8.04. The fraction of sp³-hybridized carbons (Fsp3) is 0.370. The van der Waals surface area contributed by atoms with Crippen molar-refractivity contribution in [2.75, 3.05) is 18.0 Å². The topological polar surface area (TPSA) is 101 Å². The molecular formula is C27H27N7O2. The maximum absolute atomic E-state index is 12.6. The Bertz CT molecular complexity index is 1560. The van der Waals surface area contributed by atoms with Crippen molar-refractivity contribution >= 4 is 28.4 Å². The van der Waals surface area contributed by atoms with E-state index in [0.717, 1.165) is 60.7 Å². The summed E-state index contributed by atoms with van der Waals surface area (Å²) in [5.74, 6) is 2.83. The van der Waals surface area contributed by atoms with Gasteiger partial charge in [0.25, 0.3) is 0 Å². The number of nitrogens with zero attached hydrogens (tertiary/aromatic N) is 6. The van der Waals surface area contributed by atoms with Gasteiger partial charge in [-0.15, -0.1) is 0 Å². The molecule has 0 unspecified atom stereocenters. The molecule has 3 aromatic heterocycles. The zero-order valence-electron chi connectivity index (χ0n) is 20.1. The number of aromatic nitrogens is 5. The van der Waals surface area contributed by atoms with Crippen LogP contribution in [0.2, 0.25) is 0 Å². The smallest absolute Gasteiger partial charge is 0.327 e. The van der Waals surface area contributed by atoms with Crippen molar-refractivity contribution in [3.05, 3.63) is 64.5 Å². The number of hydrogen-bond donors (Lipinski definition) is 1. The van der Waals surface area contributed by atoms with Gasteiger partial charge in [-0.2, -0.15) is 0 Å². The summed E-state index contributed by atoms with van der Waals surface area (Å²) >= 11 is 0. The lowest BCUT2D eigenvalue weighted by Gasteiger charge is -2.33. The Morgan fingerprint density at radius 3 is 2.75 bits per heavy atom. The summed E-state index contributed by atoms with van der Waals surface area (Å²) in [5, 5.41) is 0. The van der Waals surface area contributed by atoms with Crippen LogP contribution in [0.15, 0.2) is 52.6 Å². The van der Waals surface area contributed by atoms with Gasteiger partial charge in [0.15, 0.2) is 5.65 Å². The van der Waals surface area contributed by atoms with Crippen molar-refractivity contribution in [1.82, 2.24) is 24.5 Å². The number of aryl methyl sites for hydroxylation is 1. The molecule has 4 aromatic rings. The number of nitrogens with one attached hydrogen (secondary N) is 1. The molecule has 1 N–H and O–H groups in total. The second-order valence-electron chi connectivity index (χ2n) is 10.0. The SMILES string of the molecule is Cc1cc(Oc2cc(N3CCC(n4c(=O)[nH]c5ncccc54)CC3)ncn2)cc2c1N=C(C1CC1)C2. The highest BCUT2D eigenvalue weighted by Gasteiger charge is 2.31. The summed E-state index contributed by atoms with van der Waals surface area (Å²) in [4.78, 5) is 35.7. The minimum Gasteiger partial charge on any atom is -0.439 e. The third-order valence-corrected chi connectivity index (χ3v) is 7.52. The Kier molecular flexibility index (Phi) is 4.90. The monoisotopic (exact) mass is 481 g/mol. The van der Waals surface area contributed by atoms with Gasteiger partial charge in [-0.3, -0.25) is 14.5 Å². The van der Waals surface area contributed by atoms with Crippen LogP contribution in [-0.2, 0) is 6.42 Å². The van der Waals surface area contributed by atoms with E-state index >= 15 is 0 Å². The second kappa shape index (κ2) is 8.29. The molecule has 36 heavy (non-hydrogen) atoms. The fourth-order valence-electron chi connectivity index (χ4n) is 5.55. The zero-order chi connectivity index (χ0) is 24.2. The highest BCUT2D eigenvalue weighted by Crippen LogP contribution is 2.41. The second-order valence-corrected chi connectivity index (χ2v) is 10.0. The fourth-order valence-corrected chi connectivity index (χ4v) is 5.55. The predicted molar refractivity (Wildman–Crippen MR) is 138 cm³/mol. The lowest BCUT2D eigenvalue weighted by atomic mass is 10.0. The van der Waals surface area contributed by atoms with Gasteiger partial charge in [0, 0.05) is 43.5 Å². The number of fused-ring (bicyclic) bond motifs is 2. The molecule has 0 atom stereocenters. The Balaban J connectivity index is 1.06. The molecule has 5 heterocycles. The van der Waals surface area contributed by atoms with Crippen molar-refractivity contribution in [3.8, 4) is 11.6 Å². The van der Waals surface area contributed by atoms with E-state index in [1.807, 2.05) is 28.8 Å². The quantitative estimate of drug-likeness (QED) is 0.451. The molecule has 1 saturated heterocycles. The molecule has 0 bridgehead atoms. The largest absolute Gasteiger partial charge is 0.439 e. The molecular weight excluding hydrogens is 454 g/mol. The van der Waals surface area contributed by atoms with E-state index in [-0.39, 0.29) is 11.7 Å². The third kappa shape index (κ3) is 3.75. The maximum atomic E-state index is 12.6. The van der Waals surface area contributed by atoms with Gasteiger partial charge in [0.05, 0.1) is 11.2 Å². The highest BCUT2D eigenvalue weighted by atomic mass is 16.5. The summed E-state index contributed by atoms with van der Waals surface area (Å²) in [7, 11) is 0. The molecule has 1 aromatic carbocycles. The van der Waals surface area contributed by atoms with Crippen LogP contribution in [0.25, 0.3) is 11.2 Å². The minimum atomic E-state index is -0.0980. The number of anilines is 1. The molecule has 1 saturated carbocycles. The number of rotatable bonds is 5. The minimum absolute atomic E-state index is 0.0980. The van der Waals surface area contributed by atoms with Crippen LogP contribution >= 0.6 is 0 Å². The number of piperidine rings is 1. The van der Waals surface area contributed by atoms with Crippen LogP contribution in [0.1, 0.15) is 42.9 Å². The molecule has 2 fully saturated rings. The lowest BCUT2D eigenvalue weighted by Crippen LogP contribution is -2.37. The van der Waals surface area contributed by atoms with Crippen LogP contribution in [0.5, 0.6) is 11.6 Å². The normalized spacial score (nSPS) is 17.9. The molecule has 3 aliphatic rings. The first kappa shape index (κ1) is 21.3. The lowest BCUT2D eigenvalue weighted by molar-refractivity contribution is 0.394. The molecule has 9 nitrogen and oxygen atoms in total. The van der Waals surface area contributed by atoms with Gasteiger partial charge in [-0.25, -0.2) is 19.7 Å².